The van der Waals surface area contributed by atoms with Gasteiger partial charge in [0, 0.05) is 72.1 Å². The Bertz CT molecular complexity index is 434. The van der Waals surface area contributed by atoms with E-state index < -0.39 is 0 Å². The zero-order chi connectivity index (χ0) is 17.5. The van der Waals surface area contributed by atoms with Gasteiger partial charge < -0.3 is 15.4 Å². The van der Waals surface area contributed by atoms with Gasteiger partial charge >= 0.3 is 0 Å². The van der Waals surface area contributed by atoms with Gasteiger partial charge in [0.15, 0.2) is 5.96 Å². The second-order valence-corrected chi connectivity index (χ2v) is 7.95. The van der Waals surface area contributed by atoms with Crippen LogP contribution in [0.25, 0.3) is 0 Å². The molecule has 2 N–H and O–H groups in total. The van der Waals surface area contributed by atoms with Crippen LogP contribution in [0.15, 0.2) is 4.99 Å². The van der Waals surface area contributed by atoms with E-state index in [1.54, 1.807) is 0 Å². The van der Waals surface area contributed by atoms with Crippen molar-refractivity contribution in [2.75, 3.05) is 66.1 Å². The number of aliphatic imine (C=N–C) groups is 1. The molecule has 0 amide bonds. The third kappa shape index (κ3) is 5.94. The number of nitrogens with one attached hydrogen (secondary N) is 2. The lowest BCUT2D eigenvalue weighted by atomic mass is 9.83. The minimum atomic E-state index is 0. The van der Waals surface area contributed by atoms with Crippen molar-refractivity contribution in [3.63, 3.8) is 0 Å². The van der Waals surface area contributed by atoms with Gasteiger partial charge in [-0.3, -0.25) is 14.8 Å². The highest BCUT2D eigenvalue weighted by Crippen LogP contribution is 2.40. The largest absolute Gasteiger partial charge is 0.382 e. The highest BCUT2D eigenvalue weighted by molar-refractivity contribution is 14.0. The number of nitrogens with zero attached hydrogens (tertiary/aromatic N) is 3. The monoisotopic (exact) mass is 479 g/mol. The van der Waals surface area contributed by atoms with E-state index in [9.17, 15) is 0 Å². The highest BCUT2D eigenvalue weighted by atomic mass is 127. The number of ether oxygens (including phenoxy) is 1. The lowest BCUT2D eigenvalue weighted by molar-refractivity contribution is 0.0154. The van der Waals surface area contributed by atoms with E-state index >= 15 is 0 Å². The van der Waals surface area contributed by atoms with Crippen molar-refractivity contribution in [2.24, 2.45) is 10.4 Å². The number of fused-ring (bicyclic) bond motifs is 3. The molecule has 0 spiro atoms. The summed E-state index contributed by atoms with van der Waals surface area (Å²) in [6.45, 7) is 11.9. The maximum Gasteiger partial charge on any atom is 0.191 e. The van der Waals surface area contributed by atoms with Crippen LogP contribution in [0.3, 0.4) is 0 Å². The van der Waals surface area contributed by atoms with E-state index in [4.69, 9.17) is 4.74 Å². The second-order valence-electron chi connectivity index (χ2n) is 7.95. The second kappa shape index (κ2) is 11.0. The molecule has 0 radical (unpaired) electrons. The molecule has 0 aromatic rings. The fourth-order valence-electron chi connectivity index (χ4n) is 4.70. The van der Waals surface area contributed by atoms with E-state index in [1.165, 1.54) is 58.4 Å². The standard InChI is InChI=1S/C19H37N5O.HI/c1-3-25-13-8-19(6-4-5-7-19)16-22-18(20-2)21-14-17-15-23-9-11-24(17)12-10-23;/h17H,3-16H2,1-2H3,(H2,20,21,22);1H. The predicted octanol–water partition coefficient (Wildman–Crippen LogP) is 1.76. The van der Waals surface area contributed by atoms with Crippen LogP contribution in [-0.2, 0) is 4.74 Å². The number of piperazine rings is 3. The van der Waals surface area contributed by atoms with E-state index in [1.807, 2.05) is 7.05 Å². The van der Waals surface area contributed by atoms with E-state index in [0.29, 0.717) is 11.5 Å². The summed E-state index contributed by atoms with van der Waals surface area (Å²) in [5, 5.41) is 7.19. The van der Waals surface area contributed by atoms with Crippen molar-refractivity contribution in [1.29, 1.82) is 0 Å². The Kier molecular flexibility index (Phi) is 9.40. The van der Waals surface area contributed by atoms with Gasteiger partial charge in [-0.05, 0) is 31.6 Å². The maximum absolute atomic E-state index is 5.62. The quantitative estimate of drug-likeness (QED) is 0.241. The first kappa shape index (κ1) is 22.2. The van der Waals surface area contributed by atoms with Gasteiger partial charge in [0.25, 0.3) is 0 Å². The Morgan fingerprint density at radius 2 is 1.88 bits per heavy atom. The molecule has 2 bridgehead atoms. The summed E-state index contributed by atoms with van der Waals surface area (Å²) in [7, 11) is 1.88. The van der Waals surface area contributed by atoms with Gasteiger partial charge in [-0.1, -0.05) is 12.8 Å². The summed E-state index contributed by atoms with van der Waals surface area (Å²) in [6, 6.07) is 0.624. The molecule has 4 aliphatic rings. The van der Waals surface area contributed by atoms with Crippen LogP contribution in [0.1, 0.15) is 39.0 Å². The van der Waals surface area contributed by atoms with Gasteiger partial charge in [-0.2, -0.15) is 0 Å². The number of halogens is 1. The van der Waals surface area contributed by atoms with Crippen molar-refractivity contribution in [2.45, 2.75) is 45.1 Å². The zero-order valence-corrected chi connectivity index (χ0v) is 19.0. The zero-order valence-electron chi connectivity index (χ0n) is 16.6. The number of hydrogen-bond acceptors (Lipinski definition) is 4. The molecular weight excluding hydrogens is 441 g/mol. The van der Waals surface area contributed by atoms with Gasteiger partial charge in [0.05, 0.1) is 0 Å². The Balaban J connectivity index is 0.00000243. The van der Waals surface area contributed by atoms with Crippen LogP contribution in [0.5, 0.6) is 0 Å². The molecule has 0 aromatic carbocycles. The van der Waals surface area contributed by atoms with E-state index in [2.05, 4.69) is 32.3 Å². The normalized spacial score (nSPS) is 30.1. The van der Waals surface area contributed by atoms with Crippen molar-refractivity contribution < 1.29 is 4.74 Å². The predicted molar refractivity (Wildman–Crippen MR) is 119 cm³/mol. The molecule has 1 saturated carbocycles. The molecule has 7 heteroatoms. The minimum Gasteiger partial charge on any atom is -0.382 e. The average Bonchev–Trinajstić information content (AvgIpc) is 3.12. The van der Waals surface area contributed by atoms with Crippen LogP contribution < -0.4 is 10.6 Å². The first-order valence-corrected chi connectivity index (χ1v) is 10.2. The van der Waals surface area contributed by atoms with Crippen molar-refractivity contribution in [3.8, 4) is 0 Å². The lowest BCUT2D eigenvalue weighted by Crippen LogP contribution is -2.64. The SMILES string of the molecule is CCOCCC1(CNC(=NC)NCC2CN3CCN2CC3)CCCC1.I. The first-order valence-electron chi connectivity index (χ1n) is 10.2. The smallest absolute Gasteiger partial charge is 0.191 e. The van der Waals surface area contributed by atoms with Crippen LogP contribution in [0, 0.1) is 5.41 Å². The fraction of sp³-hybridized carbons (Fsp3) is 0.947. The summed E-state index contributed by atoms with van der Waals surface area (Å²) in [4.78, 5) is 9.67. The molecule has 4 fully saturated rings. The topological polar surface area (TPSA) is 52.1 Å². The minimum absolute atomic E-state index is 0. The third-order valence-corrected chi connectivity index (χ3v) is 6.40. The van der Waals surface area contributed by atoms with E-state index in [0.717, 1.165) is 38.7 Å². The summed E-state index contributed by atoms with van der Waals surface area (Å²) >= 11 is 0. The summed E-state index contributed by atoms with van der Waals surface area (Å²) in [6.07, 6.45) is 6.50. The van der Waals surface area contributed by atoms with Crippen LogP contribution >= 0.6 is 24.0 Å². The average molecular weight is 479 g/mol. The van der Waals surface area contributed by atoms with Gasteiger partial charge in [-0.15, -0.1) is 24.0 Å². The van der Waals surface area contributed by atoms with Crippen LogP contribution in [0.4, 0.5) is 0 Å². The summed E-state index contributed by atoms with van der Waals surface area (Å²) < 4.78 is 5.62. The molecule has 1 aliphatic carbocycles. The Morgan fingerprint density at radius 3 is 2.46 bits per heavy atom. The molecule has 152 valence electrons. The van der Waals surface area contributed by atoms with Gasteiger partial charge in [-0.25, -0.2) is 0 Å². The molecule has 0 aromatic heterocycles. The maximum atomic E-state index is 5.62. The van der Waals surface area contributed by atoms with Crippen molar-refractivity contribution >= 4 is 29.9 Å². The lowest BCUT2D eigenvalue weighted by Gasteiger charge is -2.47. The van der Waals surface area contributed by atoms with Crippen molar-refractivity contribution in [3.05, 3.63) is 0 Å². The fourth-order valence-corrected chi connectivity index (χ4v) is 4.70. The molecule has 3 heterocycles. The van der Waals surface area contributed by atoms with E-state index in [-0.39, 0.29) is 24.0 Å². The van der Waals surface area contributed by atoms with Crippen LogP contribution in [0.2, 0.25) is 0 Å². The van der Waals surface area contributed by atoms with Crippen molar-refractivity contribution in [1.82, 2.24) is 20.4 Å². The highest BCUT2D eigenvalue weighted by Gasteiger charge is 2.34. The van der Waals surface area contributed by atoms with Gasteiger partial charge in [0.2, 0.25) is 0 Å². The van der Waals surface area contributed by atoms with Gasteiger partial charge in [0.1, 0.15) is 0 Å². The van der Waals surface area contributed by atoms with Crippen LogP contribution in [-0.4, -0.2) is 87.9 Å². The third-order valence-electron chi connectivity index (χ3n) is 6.40. The summed E-state index contributed by atoms with van der Waals surface area (Å²) in [5.74, 6) is 0.959. The molecule has 6 nitrogen and oxygen atoms in total. The number of hydrogen-bond donors (Lipinski definition) is 2. The summed E-state index contributed by atoms with van der Waals surface area (Å²) in [5.41, 5.74) is 0.395. The number of rotatable bonds is 8. The molecular formula is C19H38IN5O. The molecule has 3 aliphatic heterocycles. The molecule has 1 unspecified atom stereocenters. The first-order chi connectivity index (χ1) is 12.2. The Morgan fingerprint density at radius 1 is 1.15 bits per heavy atom. The molecule has 26 heavy (non-hydrogen) atoms. The Labute approximate surface area is 176 Å². The molecule has 1 atom stereocenters. The number of guanidine groups is 1. The molecule has 3 saturated heterocycles. The molecule has 4 rings (SSSR count). The Hall–Kier alpha value is -0.120.